The molecule has 1 atom stereocenters. The quantitative estimate of drug-likeness (QED) is 0.874. The molecule has 0 fully saturated rings. The molecule has 0 amide bonds. The number of nitrogens with zero attached hydrogens (tertiary/aromatic N) is 1. The smallest absolute Gasteiger partial charge is 0.307 e. The Labute approximate surface area is 127 Å². The highest BCUT2D eigenvalue weighted by Crippen LogP contribution is 2.26. The lowest BCUT2D eigenvalue weighted by Gasteiger charge is -2.03. The van der Waals surface area contributed by atoms with Crippen molar-refractivity contribution < 1.29 is 9.90 Å². The van der Waals surface area contributed by atoms with Gasteiger partial charge in [-0.2, -0.15) is 11.8 Å². The minimum Gasteiger partial charge on any atom is -0.481 e. The van der Waals surface area contributed by atoms with Crippen molar-refractivity contribution in [1.29, 1.82) is 0 Å². The van der Waals surface area contributed by atoms with E-state index in [0.717, 1.165) is 22.0 Å². The zero-order chi connectivity index (χ0) is 14.5. The van der Waals surface area contributed by atoms with Crippen LogP contribution in [0.4, 0.5) is 0 Å². The van der Waals surface area contributed by atoms with Gasteiger partial charge in [0.05, 0.1) is 11.6 Å². The highest BCUT2D eigenvalue weighted by atomic mass is 32.2. The topological polar surface area (TPSA) is 50.2 Å². The van der Waals surface area contributed by atoms with Crippen LogP contribution in [0.5, 0.6) is 0 Å². The van der Waals surface area contributed by atoms with Gasteiger partial charge in [0, 0.05) is 22.4 Å². The van der Waals surface area contributed by atoms with Gasteiger partial charge in [0.2, 0.25) is 0 Å². The van der Waals surface area contributed by atoms with E-state index in [9.17, 15) is 4.79 Å². The predicted octanol–water partition coefficient (Wildman–Crippen LogP) is 4.07. The van der Waals surface area contributed by atoms with E-state index < -0.39 is 5.97 Å². The fraction of sp³-hybridized carbons (Fsp3) is 0.333. The first-order valence-corrected chi connectivity index (χ1v) is 8.41. The van der Waals surface area contributed by atoms with Crippen LogP contribution < -0.4 is 0 Å². The van der Waals surface area contributed by atoms with Gasteiger partial charge in [0.1, 0.15) is 5.01 Å². The fourth-order valence-corrected chi connectivity index (χ4v) is 3.52. The van der Waals surface area contributed by atoms with Crippen LogP contribution in [0.1, 0.15) is 18.2 Å². The summed E-state index contributed by atoms with van der Waals surface area (Å²) in [5, 5.41) is 11.9. The van der Waals surface area contributed by atoms with Gasteiger partial charge < -0.3 is 5.11 Å². The zero-order valence-electron chi connectivity index (χ0n) is 11.5. The lowest BCUT2D eigenvalue weighted by Crippen LogP contribution is -2.11. The molecule has 3 nitrogen and oxygen atoms in total. The third kappa shape index (κ3) is 4.08. The fourth-order valence-electron chi connectivity index (χ4n) is 1.61. The molecule has 0 spiro atoms. The van der Waals surface area contributed by atoms with Gasteiger partial charge in [-0.25, -0.2) is 4.98 Å². The number of thioether (sulfide) groups is 1. The van der Waals surface area contributed by atoms with E-state index >= 15 is 0 Å². The van der Waals surface area contributed by atoms with Gasteiger partial charge in [-0.1, -0.05) is 36.8 Å². The third-order valence-corrected chi connectivity index (χ3v) is 5.07. The summed E-state index contributed by atoms with van der Waals surface area (Å²) in [4.78, 5) is 15.3. The summed E-state index contributed by atoms with van der Waals surface area (Å²) < 4.78 is 0. The molecule has 0 aliphatic rings. The number of hydrogen-bond donors (Lipinski definition) is 1. The first kappa shape index (κ1) is 15.1. The second kappa shape index (κ2) is 6.90. The summed E-state index contributed by atoms with van der Waals surface area (Å²) in [6.45, 7) is 3.80. The molecular weight excluding hydrogens is 290 g/mol. The van der Waals surface area contributed by atoms with E-state index in [1.807, 2.05) is 5.38 Å². The summed E-state index contributed by atoms with van der Waals surface area (Å²) in [6, 6.07) is 8.33. The summed E-state index contributed by atoms with van der Waals surface area (Å²) in [7, 11) is 0. The molecule has 0 saturated carbocycles. The van der Waals surface area contributed by atoms with E-state index in [1.54, 1.807) is 30.0 Å². The Bertz CT molecular complexity index is 578. The number of aryl methyl sites for hydroxylation is 1. The molecule has 2 rings (SSSR count). The van der Waals surface area contributed by atoms with E-state index in [4.69, 9.17) is 5.11 Å². The van der Waals surface area contributed by atoms with Gasteiger partial charge in [0.15, 0.2) is 0 Å². The van der Waals surface area contributed by atoms with Crippen LogP contribution in [0.2, 0.25) is 0 Å². The Morgan fingerprint density at radius 2 is 2.10 bits per heavy atom. The standard InChI is InChI=1S/C15H17NO2S2/c1-10-3-5-12(6-4-10)14-16-13(9-20-14)8-19-7-11(2)15(17)18/h3-6,9,11H,7-8H2,1-2H3,(H,17,18). The average Bonchev–Trinajstić information content (AvgIpc) is 2.88. The molecule has 1 heterocycles. The molecule has 5 heteroatoms. The predicted molar refractivity (Wildman–Crippen MR) is 85.2 cm³/mol. The van der Waals surface area contributed by atoms with E-state index in [2.05, 4.69) is 36.2 Å². The Kier molecular flexibility index (Phi) is 5.20. The number of carbonyl (C=O) groups is 1. The minimum atomic E-state index is -0.740. The maximum absolute atomic E-state index is 10.7. The maximum atomic E-state index is 10.7. The lowest BCUT2D eigenvalue weighted by atomic mass is 10.2. The molecule has 106 valence electrons. The van der Waals surface area contributed by atoms with Gasteiger partial charge in [-0.05, 0) is 6.92 Å². The maximum Gasteiger partial charge on any atom is 0.307 e. The van der Waals surface area contributed by atoms with Crippen molar-refractivity contribution in [3.8, 4) is 10.6 Å². The first-order chi connectivity index (χ1) is 9.56. The average molecular weight is 307 g/mol. The van der Waals surface area contributed by atoms with Crippen molar-refractivity contribution in [2.24, 2.45) is 5.92 Å². The van der Waals surface area contributed by atoms with Crippen molar-refractivity contribution >= 4 is 29.1 Å². The summed E-state index contributed by atoms with van der Waals surface area (Å²) in [6.07, 6.45) is 0. The summed E-state index contributed by atoms with van der Waals surface area (Å²) >= 11 is 3.25. The number of carboxylic acids is 1. The lowest BCUT2D eigenvalue weighted by molar-refractivity contribution is -0.140. The summed E-state index contributed by atoms with van der Waals surface area (Å²) in [5.74, 6) is 0.332. The molecule has 20 heavy (non-hydrogen) atoms. The third-order valence-electron chi connectivity index (χ3n) is 2.89. The van der Waals surface area contributed by atoms with Gasteiger partial charge in [-0.3, -0.25) is 4.79 Å². The molecule has 1 unspecified atom stereocenters. The number of aliphatic carboxylic acids is 1. The molecule has 1 N–H and O–H groups in total. The molecule has 1 aromatic heterocycles. The Hall–Kier alpha value is -1.33. The number of rotatable bonds is 6. The largest absolute Gasteiger partial charge is 0.481 e. The van der Waals surface area contributed by atoms with Crippen LogP contribution in [0.15, 0.2) is 29.6 Å². The van der Waals surface area contributed by atoms with Gasteiger partial charge in [0.25, 0.3) is 0 Å². The van der Waals surface area contributed by atoms with Crippen molar-refractivity contribution in [2.75, 3.05) is 5.75 Å². The van der Waals surface area contributed by atoms with Crippen molar-refractivity contribution in [1.82, 2.24) is 4.98 Å². The van der Waals surface area contributed by atoms with Crippen LogP contribution in [0.3, 0.4) is 0 Å². The molecule has 2 aromatic rings. The number of hydrogen-bond acceptors (Lipinski definition) is 4. The number of carboxylic acid groups (broad SMARTS) is 1. The molecule has 0 bridgehead atoms. The van der Waals surface area contributed by atoms with Crippen molar-refractivity contribution in [3.63, 3.8) is 0 Å². The van der Waals surface area contributed by atoms with Crippen LogP contribution in [-0.2, 0) is 10.5 Å². The van der Waals surface area contributed by atoms with Crippen LogP contribution in [-0.4, -0.2) is 21.8 Å². The SMILES string of the molecule is Cc1ccc(-c2nc(CSCC(C)C(=O)O)cs2)cc1. The first-order valence-electron chi connectivity index (χ1n) is 6.38. The second-order valence-corrected chi connectivity index (χ2v) is 6.65. The Balaban J connectivity index is 1.92. The number of thiazole rings is 1. The summed E-state index contributed by atoms with van der Waals surface area (Å²) in [5.41, 5.74) is 3.40. The van der Waals surface area contributed by atoms with Crippen LogP contribution in [0.25, 0.3) is 10.6 Å². The number of aromatic nitrogens is 1. The molecule has 0 aliphatic carbocycles. The monoisotopic (exact) mass is 307 g/mol. The minimum absolute atomic E-state index is 0.310. The normalized spacial score (nSPS) is 12.3. The number of benzene rings is 1. The molecule has 0 saturated heterocycles. The highest BCUT2D eigenvalue weighted by molar-refractivity contribution is 7.98. The molecule has 0 radical (unpaired) electrons. The highest BCUT2D eigenvalue weighted by Gasteiger charge is 2.11. The van der Waals surface area contributed by atoms with Crippen LogP contribution in [0, 0.1) is 12.8 Å². The Morgan fingerprint density at radius 1 is 1.40 bits per heavy atom. The Morgan fingerprint density at radius 3 is 2.75 bits per heavy atom. The zero-order valence-corrected chi connectivity index (χ0v) is 13.1. The van der Waals surface area contributed by atoms with Crippen LogP contribution >= 0.6 is 23.1 Å². The van der Waals surface area contributed by atoms with Crippen molar-refractivity contribution in [3.05, 3.63) is 40.9 Å². The van der Waals surface area contributed by atoms with Crippen molar-refractivity contribution in [2.45, 2.75) is 19.6 Å². The van der Waals surface area contributed by atoms with Gasteiger partial charge >= 0.3 is 5.97 Å². The van der Waals surface area contributed by atoms with E-state index in [0.29, 0.717) is 5.75 Å². The molecular formula is C15H17NO2S2. The van der Waals surface area contributed by atoms with Gasteiger partial charge in [-0.15, -0.1) is 11.3 Å². The molecule has 1 aromatic carbocycles. The van der Waals surface area contributed by atoms with E-state index in [1.165, 1.54) is 5.56 Å². The molecule has 0 aliphatic heterocycles. The van der Waals surface area contributed by atoms with E-state index in [-0.39, 0.29) is 5.92 Å². The second-order valence-electron chi connectivity index (χ2n) is 4.76.